The molecule has 1 N–H and O–H groups in total. The first-order valence-electron chi connectivity index (χ1n) is 6.99. The van der Waals surface area contributed by atoms with Gasteiger partial charge in [0.05, 0.1) is 0 Å². The molecule has 0 amide bonds. The van der Waals surface area contributed by atoms with Crippen LogP contribution in [0.25, 0.3) is 0 Å². The van der Waals surface area contributed by atoms with Crippen LogP contribution in [0.1, 0.15) is 65.7 Å². The molecule has 3 unspecified atom stereocenters. The molecular weight excluding hydrogens is 182 g/mol. The maximum absolute atomic E-state index is 3.62. The molecule has 1 fully saturated rings. The molecule has 1 rings (SSSR count). The third kappa shape index (κ3) is 5.01. The summed E-state index contributed by atoms with van der Waals surface area (Å²) >= 11 is 0. The minimum absolute atomic E-state index is 0.822. The van der Waals surface area contributed by atoms with Crippen molar-refractivity contribution in [1.29, 1.82) is 0 Å². The smallest absolute Gasteiger partial charge is 0.00695 e. The van der Waals surface area contributed by atoms with Crippen LogP contribution in [0, 0.1) is 11.8 Å². The van der Waals surface area contributed by atoms with Crippen molar-refractivity contribution in [3.05, 3.63) is 0 Å². The molecule has 1 aliphatic rings. The summed E-state index contributed by atoms with van der Waals surface area (Å²) in [7, 11) is 0. The maximum Gasteiger partial charge on any atom is 0.00695 e. The molecule has 0 spiro atoms. The Morgan fingerprint density at radius 3 is 2.73 bits per heavy atom. The van der Waals surface area contributed by atoms with Crippen LogP contribution < -0.4 is 5.32 Å². The lowest BCUT2D eigenvalue weighted by Crippen LogP contribution is -2.34. The summed E-state index contributed by atoms with van der Waals surface area (Å²) in [6, 6.07) is 0.822. The second kappa shape index (κ2) is 7.27. The van der Waals surface area contributed by atoms with E-state index in [-0.39, 0.29) is 0 Å². The lowest BCUT2D eigenvalue weighted by atomic mass is 9.80. The lowest BCUT2D eigenvalue weighted by molar-refractivity contribution is 0.245. The molecule has 0 aromatic heterocycles. The molecule has 1 saturated carbocycles. The normalized spacial score (nSPS) is 29.0. The van der Waals surface area contributed by atoms with Crippen molar-refractivity contribution in [2.24, 2.45) is 11.8 Å². The Kier molecular flexibility index (Phi) is 6.31. The number of nitrogens with one attached hydrogen (secondary N) is 1. The summed E-state index contributed by atoms with van der Waals surface area (Å²) in [5.74, 6) is 1.95. The fourth-order valence-corrected chi connectivity index (χ4v) is 3.16. The van der Waals surface area contributed by atoms with E-state index in [1.54, 1.807) is 0 Å². The third-order valence-electron chi connectivity index (χ3n) is 3.79. The van der Waals surface area contributed by atoms with Crippen molar-refractivity contribution in [2.45, 2.75) is 71.8 Å². The van der Waals surface area contributed by atoms with Gasteiger partial charge in [-0.05, 0) is 37.6 Å². The molecule has 3 atom stereocenters. The van der Waals surface area contributed by atoms with E-state index in [9.17, 15) is 0 Å². The molecular formula is C14H29N. The van der Waals surface area contributed by atoms with E-state index in [4.69, 9.17) is 0 Å². The van der Waals surface area contributed by atoms with Gasteiger partial charge in [0.2, 0.25) is 0 Å². The SMILES string of the molecule is CCCC(C)CC1CCCC(NCC)C1. The number of hydrogen-bond donors (Lipinski definition) is 1. The van der Waals surface area contributed by atoms with Crippen molar-refractivity contribution in [2.75, 3.05) is 6.54 Å². The minimum Gasteiger partial charge on any atom is -0.314 e. The van der Waals surface area contributed by atoms with Crippen LogP contribution >= 0.6 is 0 Å². The fraction of sp³-hybridized carbons (Fsp3) is 1.00. The highest BCUT2D eigenvalue weighted by Crippen LogP contribution is 2.30. The molecule has 0 bridgehead atoms. The molecule has 0 aromatic rings. The Morgan fingerprint density at radius 1 is 1.27 bits per heavy atom. The molecule has 1 heteroatoms. The Balaban J connectivity index is 2.23. The van der Waals surface area contributed by atoms with Gasteiger partial charge in [-0.25, -0.2) is 0 Å². The van der Waals surface area contributed by atoms with Gasteiger partial charge < -0.3 is 5.32 Å². The first-order valence-corrected chi connectivity index (χ1v) is 6.99. The van der Waals surface area contributed by atoms with Crippen LogP contribution in [-0.2, 0) is 0 Å². The van der Waals surface area contributed by atoms with Gasteiger partial charge >= 0.3 is 0 Å². The predicted octanol–water partition coefficient (Wildman–Crippen LogP) is 3.98. The quantitative estimate of drug-likeness (QED) is 0.700. The summed E-state index contributed by atoms with van der Waals surface area (Å²) in [5, 5.41) is 3.62. The summed E-state index contributed by atoms with van der Waals surface area (Å²) in [5.41, 5.74) is 0. The summed E-state index contributed by atoms with van der Waals surface area (Å²) < 4.78 is 0. The molecule has 15 heavy (non-hydrogen) atoms. The molecule has 0 saturated heterocycles. The number of hydrogen-bond acceptors (Lipinski definition) is 1. The fourth-order valence-electron chi connectivity index (χ4n) is 3.16. The van der Waals surface area contributed by atoms with Crippen LogP contribution in [0.3, 0.4) is 0 Å². The largest absolute Gasteiger partial charge is 0.314 e. The first-order chi connectivity index (χ1) is 7.26. The highest BCUT2D eigenvalue weighted by atomic mass is 14.9. The Morgan fingerprint density at radius 2 is 2.07 bits per heavy atom. The molecule has 90 valence electrons. The predicted molar refractivity (Wildman–Crippen MR) is 68.1 cm³/mol. The molecule has 1 nitrogen and oxygen atoms in total. The van der Waals surface area contributed by atoms with Gasteiger partial charge in [-0.3, -0.25) is 0 Å². The number of rotatable bonds is 6. The van der Waals surface area contributed by atoms with E-state index in [0.29, 0.717) is 0 Å². The zero-order valence-corrected chi connectivity index (χ0v) is 10.9. The second-order valence-corrected chi connectivity index (χ2v) is 5.42. The molecule has 0 radical (unpaired) electrons. The average molecular weight is 211 g/mol. The Hall–Kier alpha value is -0.0400. The highest BCUT2D eigenvalue weighted by Gasteiger charge is 2.22. The molecule has 0 aromatic carbocycles. The Bertz CT molecular complexity index is 151. The van der Waals surface area contributed by atoms with Crippen LogP contribution in [-0.4, -0.2) is 12.6 Å². The highest BCUT2D eigenvalue weighted by molar-refractivity contribution is 4.78. The Labute approximate surface area is 96.0 Å². The first kappa shape index (κ1) is 13.0. The average Bonchev–Trinajstić information content (AvgIpc) is 2.19. The maximum atomic E-state index is 3.62. The van der Waals surface area contributed by atoms with E-state index >= 15 is 0 Å². The zero-order chi connectivity index (χ0) is 11.1. The van der Waals surface area contributed by atoms with Crippen molar-refractivity contribution in [1.82, 2.24) is 5.32 Å². The minimum atomic E-state index is 0.822. The van der Waals surface area contributed by atoms with Crippen molar-refractivity contribution < 1.29 is 0 Å². The van der Waals surface area contributed by atoms with Crippen LogP contribution in [0.4, 0.5) is 0 Å². The van der Waals surface area contributed by atoms with Crippen LogP contribution in [0.15, 0.2) is 0 Å². The van der Waals surface area contributed by atoms with Crippen molar-refractivity contribution in [3.63, 3.8) is 0 Å². The van der Waals surface area contributed by atoms with Gasteiger partial charge in [0.25, 0.3) is 0 Å². The summed E-state index contributed by atoms with van der Waals surface area (Å²) in [4.78, 5) is 0. The van der Waals surface area contributed by atoms with Gasteiger partial charge in [-0.1, -0.05) is 46.5 Å². The second-order valence-electron chi connectivity index (χ2n) is 5.42. The van der Waals surface area contributed by atoms with Crippen molar-refractivity contribution in [3.8, 4) is 0 Å². The third-order valence-corrected chi connectivity index (χ3v) is 3.79. The van der Waals surface area contributed by atoms with Gasteiger partial charge in [0.15, 0.2) is 0 Å². The zero-order valence-electron chi connectivity index (χ0n) is 10.9. The summed E-state index contributed by atoms with van der Waals surface area (Å²) in [6.07, 6.45) is 10.0. The van der Waals surface area contributed by atoms with E-state index in [0.717, 1.165) is 24.4 Å². The van der Waals surface area contributed by atoms with Gasteiger partial charge in [-0.15, -0.1) is 0 Å². The van der Waals surface area contributed by atoms with Crippen molar-refractivity contribution >= 4 is 0 Å². The molecule has 1 aliphatic carbocycles. The molecule has 0 aliphatic heterocycles. The van der Waals surface area contributed by atoms with Crippen LogP contribution in [0.2, 0.25) is 0 Å². The van der Waals surface area contributed by atoms with Gasteiger partial charge in [0, 0.05) is 6.04 Å². The van der Waals surface area contributed by atoms with E-state index in [1.807, 2.05) is 0 Å². The van der Waals surface area contributed by atoms with E-state index < -0.39 is 0 Å². The van der Waals surface area contributed by atoms with Crippen LogP contribution in [0.5, 0.6) is 0 Å². The molecule has 0 heterocycles. The van der Waals surface area contributed by atoms with E-state index in [1.165, 1.54) is 44.9 Å². The standard InChI is InChI=1S/C14H29N/c1-4-7-12(3)10-13-8-6-9-14(11-13)15-5-2/h12-15H,4-11H2,1-3H3. The van der Waals surface area contributed by atoms with Gasteiger partial charge in [-0.2, -0.15) is 0 Å². The topological polar surface area (TPSA) is 12.0 Å². The lowest BCUT2D eigenvalue weighted by Gasteiger charge is -2.31. The van der Waals surface area contributed by atoms with Gasteiger partial charge in [0.1, 0.15) is 0 Å². The monoisotopic (exact) mass is 211 g/mol. The summed E-state index contributed by atoms with van der Waals surface area (Å²) in [6.45, 7) is 8.10. The van der Waals surface area contributed by atoms with E-state index in [2.05, 4.69) is 26.1 Å².